The highest BCUT2D eigenvalue weighted by Gasteiger charge is 2.28. The van der Waals surface area contributed by atoms with E-state index in [9.17, 15) is 4.79 Å². The van der Waals surface area contributed by atoms with Crippen LogP contribution in [0.2, 0.25) is 0 Å². The summed E-state index contributed by atoms with van der Waals surface area (Å²) in [5.41, 5.74) is 3.24. The second-order valence-corrected chi connectivity index (χ2v) is 7.87. The fourth-order valence-electron chi connectivity index (χ4n) is 4.05. The number of carbonyl (C=O) groups is 1. The van der Waals surface area contributed by atoms with Gasteiger partial charge in [0.2, 0.25) is 0 Å². The van der Waals surface area contributed by atoms with Gasteiger partial charge >= 0.3 is 5.97 Å². The fourth-order valence-corrected chi connectivity index (χ4v) is 4.05. The molecule has 1 saturated heterocycles. The third-order valence-corrected chi connectivity index (χ3v) is 5.53. The second kappa shape index (κ2) is 10.2. The largest absolute Gasteiger partial charge is 0.461 e. The Kier molecular flexibility index (Phi) is 6.90. The molecule has 33 heavy (non-hydrogen) atoms. The molecule has 4 heterocycles. The number of hydrogen-bond acceptors (Lipinski definition) is 9. The highest BCUT2D eigenvalue weighted by atomic mass is 16.5. The van der Waals surface area contributed by atoms with Gasteiger partial charge in [-0.2, -0.15) is 10.4 Å². The summed E-state index contributed by atoms with van der Waals surface area (Å²) < 4.78 is 5.15. The minimum absolute atomic E-state index is 0.0880. The number of rotatable bonds is 7. The quantitative estimate of drug-likeness (QED) is 0.524. The van der Waals surface area contributed by atoms with Gasteiger partial charge in [0.05, 0.1) is 36.4 Å². The average Bonchev–Trinajstić information content (AvgIpc) is 3.28. The zero-order valence-electron chi connectivity index (χ0n) is 18.7. The van der Waals surface area contributed by atoms with E-state index in [0.29, 0.717) is 36.2 Å². The number of aromatic amines is 1. The third kappa shape index (κ3) is 5.32. The Morgan fingerprint density at radius 2 is 2.21 bits per heavy atom. The third-order valence-electron chi connectivity index (χ3n) is 5.53. The number of H-pyrrole nitrogens is 1. The van der Waals surface area contributed by atoms with Crippen LogP contribution in [0.4, 0.5) is 11.5 Å². The van der Waals surface area contributed by atoms with Crippen LogP contribution < -0.4 is 5.32 Å². The Hall–Kier alpha value is -3.84. The highest BCUT2D eigenvalue weighted by molar-refractivity contribution is 5.88. The van der Waals surface area contributed by atoms with Gasteiger partial charge in [-0.05, 0) is 45.4 Å². The number of aryl methyl sites for hydroxylation is 1. The number of piperidine rings is 1. The van der Waals surface area contributed by atoms with Crippen LogP contribution in [0.3, 0.4) is 0 Å². The molecule has 10 heteroatoms. The van der Waals surface area contributed by atoms with E-state index in [-0.39, 0.29) is 12.0 Å². The van der Waals surface area contributed by atoms with E-state index in [0.717, 1.165) is 42.8 Å². The number of pyridine rings is 1. The molecule has 3 aromatic rings. The molecule has 4 rings (SSSR count). The summed E-state index contributed by atoms with van der Waals surface area (Å²) in [5, 5.41) is 19.0. The molecule has 0 aromatic carbocycles. The molecule has 0 amide bonds. The molecule has 3 aromatic heterocycles. The van der Waals surface area contributed by atoms with E-state index in [1.54, 1.807) is 31.5 Å². The van der Waals surface area contributed by atoms with Crippen molar-refractivity contribution in [2.45, 2.75) is 45.7 Å². The minimum Gasteiger partial charge on any atom is -0.461 e. The second-order valence-electron chi connectivity index (χ2n) is 7.87. The summed E-state index contributed by atoms with van der Waals surface area (Å²) in [6.07, 6.45) is 6.44. The number of hydrogen-bond donors (Lipinski definition) is 2. The molecular weight excluding hydrogens is 420 g/mol. The smallest absolute Gasteiger partial charge is 0.356 e. The van der Waals surface area contributed by atoms with Crippen molar-refractivity contribution in [3.05, 3.63) is 59.1 Å². The van der Waals surface area contributed by atoms with Crippen LogP contribution in [0.15, 0.2) is 30.6 Å². The van der Waals surface area contributed by atoms with Gasteiger partial charge in [-0.25, -0.2) is 19.7 Å². The number of nitrogens with zero attached hydrogens (tertiary/aromatic N) is 6. The number of anilines is 2. The van der Waals surface area contributed by atoms with Crippen molar-refractivity contribution in [3.8, 4) is 6.07 Å². The number of nitriles is 1. The van der Waals surface area contributed by atoms with Crippen molar-refractivity contribution >= 4 is 17.5 Å². The molecule has 0 unspecified atom stereocenters. The molecule has 1 aliphatic heterocycles. The van der Waals surface area contributed by atoms with Gasteiger partial charge in [0.25, 0.3) is 0 Å². The standard InChI is InChI=1S/C23H26N8O2/c1-3-33-23(32)22-16(12-26-30-22)14-31-9-5-4-6-20(31)19-10-21(28-15(2)27-19)29-18-8-7-17(11-24)25-13-18/h7-8,10,12-13,20H,3-6,9,14H2,1-2H3,(H,26,30)(H,27,28,29)/t20-/m0/s1. The van der Waals surface area contributed by atoms with Gasteiger partial charge in [0, 0.05) is 18.2 Å². The van der Waals surface area contributed by atoms with Crippen LogP contribution in [0, 0.1) is 18.3 Å². The summed E-state index contributed by atoms with van der Waals surface area (Å²) in [4.78, 5) is 27.9. The Bertz CT molecular complexity index is 1150. The molecule has 0 aliphatic carbocycles. The summed E-state index contributed by atoms with van der Waals surface area (Å²) in [6.45, 7) is 5.43. The zero-order chi connectivity index (χ0) is 23.2. The molecule has 0 saturated carbocycles. The number of ether oxygens (including phenoxy) is 1. The maximum Gasteiger partial charge on any atom is 0.356 e. The Balaban J connectivity index is 1.56. The van der Waals surface area contributed by atoms with Crippen molar-refractivity contribution in [3.63, 3.8) is 0 Å². The Morgan fingerprint density at radius 3 is 2.97 bits per heavy atom. The maximum absolute atomic E-state index is 12.3. The molecule has 1 atom stereocenters. The molecular formula is C23H26N8O2. The first-order valence-corrected chi connectivity index (χ1v) is 11.0. The summed E-state index contributed by atoms with van der Waals surface area (Å²) in [5.74, 6) is 0.946. The van der Waals surface area contributed by atoms with E-state index in [1.165, 1.54) is 0 Å². The summed E-state index contributed by atoms with van der Waals surface area (Å²) in [6, 6.07) is 7.51. The van der Waals surface area contributed by atoms with Gasteiger partial charge in [-0.1, -0.05) is 6.42 Å². The lowest BCUT2D eigenvalue weighted by atomic mass is 9.98. The van der Waals surface area contributed by atoms with E-state index in [1.807, 2.05) is 19.1 Å². The van der Waals surface area contributed by atoms with Gasteiger partial charge in [0.15, 0.2) is 0 Å². The van der Waals surface area contributed by atoms with Crippen LogP contribution in [-0.4, -0.2) is 49.2 Å². The lowest BCUT2D eigenvalue weighted by molar-refractivity contribution is 0.0515. The van der Waals surface area contributed by atoms with E-state index in [2.05, 4.69) is 30.4 Å². The molecule has 1 fully saturated rings. The van der Waals surface area contributed by atoms with Crippen molar-refractivity contribution in [2.24, 2.45) is 0 Å². The average molecular weight is 447 g/mol. The summed E-state index contributed by atoms with van der Waals surface area (Å²) >= 11 is 0. The van der Waals surface area contributed by atoms with Crippen LogP contribution in [-0.2, 0) is 11.3 Å². The first-order chi connectivity index (χ1) is 16.1. The Labute approximate surface area is 192 Å². The van der Waals surface area contributed by atoms with Crippen molar-refractivity contribution in [1.29, 1.82) is 5.26 Å². The molecule has 10 nitrogen and oxygen atoms in total. The highest BCUT2D eigenvalue weighted by Crippen LogP contribution is 2.32. The lowest BCUT2D eigenvalue weighted by Crippen LogP contribution is -2.34. The topological polar surface area (TPSA) is 133 Å². The minimum atomic E-state index is -0.390. The Morgan fingerprint density at radius 1 is 1.33 bits per heavy atom. The van der Waals surface area contributed by atoms with E-state index in [4.69, 9.17) is 15.0 Å². The number of carbonyl (C=O) groups excluding carboxylic acids is 1. The first-order valence-electron chi connectivity index (χ1n) is 11.0. The van der Waals surface area contributed by atoms with Crippen molar-refractivity contribution in [1.82, 2.24) is 30.0 Å². The van der Waals surface area contributed by atoms with Gasteiger partial charge in [-0.15, -0.1) is 0 Å². The molecule has 170 valence electrons. The molecule has 0 radical (unpaired) electrons. The normalized spacial score (nSPS) is 16.2. The SMILES string of the molecule is CCOC(=O)c1[nH]ncc1CN1CCCC[C@H]1c1cc(Nc2ccc(C#N)nc2)nc(C)n1. The predicted molar refractivity (Wildman–Crippen MR) is 121 cm³/mol. The molecule has 1 aliphatic rings. The molecule has 0 spiro atoms. The van der Waals surface area contributed by atoms with Crippen LogP contribution in [0.1, 0.15) is 65.5 Å². The lowest BCUT2D eigenvalue weighted by Gasteiger charge is -2.35. The van der Waals surface area contributed by atoms with Crippen molar-refractivity contribution < 1.29 is 9.53 Å². The summed E-state index contributed by atoms with van der Waals surface area (Å²) in [7, 11) is 0. The van der Waals surface area contributed by atoms with Gasteiger partial charge in [0.1, 0.15) is 29.1 Å². The van der Waals surface area contributed by atoms with Crippen LogP contribution in [0.5, 0.6) is 0 Å². The molecule has 0 bridgehead atoms. The fraction of sp³-hybridized carbons (Fsp3) is 0.391. The van der Waals surface area contributed by atoms with Gasteiger partial charge < -0.3 is 10.1 Å². The van der Waals surface area contributed by atoms with Gasteiger partial charge in [-0.3, -0.25) is 10.00 Å². The number of likely N-dealkylation sites (tertiary alicyclic amines) is 1. The zero-order valence-corrected chi connectivity index (χ0v) is 18.7. The van der Waals surface area contributed by atoms with E-state index >= 15 is 0 Å². The first kappa shape index (κ1) is 22.4. The predicted octanol–water partition coefficient (Wildman–Crippen LogP) is 3.42. The number of aromatic nitrogens is 5. The van der Waals surface area contributed by atoms with Crippen LogP contribution in [0.25, 0.3) is 0 Å². The maximum atomic E-state index is 12.3. The number of nitrogens with one attached hydrogen (secondary N) is 2. The molecule has 2 N–H and O–H groups in total. The number of esters is 1. The van der Waals surface area contributed by atoms with Crippen LogP contribution >= 0.6 is 0 Å². The van der Waals surface area contributed by atoms with E-state index < -0.39 is 0 Å². The monoisotopic (exact) mass is 446 g/mol. The van der Waals surface area contributed by atoms with Crippen molar-refractivity contribution in [2.75, 3.05) is 18.5 Å².